The maximum absolute atomic E-state index is 5.97. The molecule has 0 aliphatic carbocycles. The summed E-state index contributed by atoms with van der Waals surface area (Å²) in [6.07, 6.45) is 2.80. The minimum atomic E-state index is 0.538. The Morgan fingerprint density at radius 3 is 2.95 bits per heavy atom. The molecule has 3 rings (SSSR count). The lowest BCUT2D eigenvalue weighted by molar-refractivity contribution is 0.339. The summed E-state index contributed by atoms with van der Waals surface area (Å²) in [5.74, 6) is 0.945. The van der Waals surface area contributed by atoms with Crippen LogP contribution in [0.15, 0.2) is 36.5 Å². The second-order valence-electron chi connectivity index (χ2n) is 4.87. The van der Waals surface area contributed by atoms with Crippen molar-refractivity contribution in [2.24, 2.45) is 0 Å². The molecule has 0 bridgehead atoms. The molecule has 0 radical (unpaired) electrons. The molecule has 0 N–H and O–H groups in total. The number of ether oxygens (including phenoxy) is 1. The minimum Gasteiger partial charge on any atom is -0.494 e. The van der Waals surface area contributed by atoms with Gasteiger partial charge in [-0.15, -0.1) is 0 Å². The van der Waals surface area contributed by atoms with Gasteiger partial charge in [-0.25, -0.2) is 4.98 Å². The zero-order valence-electron chi connectivity index (χ0n) is 11.5. The molecule has 1 aliphatic heterocycles. The zero-order valence-corrected chi connectivity index (χ0v) is 12.2. The van der Waals surface area contributed by atoms with E-state index < -0.39 is 0 Å². The van der Waals surface area contributed by atoms with Gasteiger partial charge < -0.3 is 9.64 Å². The number of rotatable bonds is 3. The number of halogens is 1. The summed E-state index contributed by atoms with van der Waals surface area (Å²) >= 11 is 5.97. The minimum absolute atomic E-state index is 0.538. The van der Waals surface area contributed by atoms with E-state index in [9.17, 15) is 0 Å². The van der Waals surface area contributed by atoms with Crippen LogP contribution in [0.5, 0.6) is 5.75 Å². The van der Waals surface area contributed by atoms with Crippen LogP contribution >= 0.6 is 11.6 Å². The second-order valence-corrected chi connectivity index (χ2v) is 5.26. The van der Waals surface area contributed by atoms with E-state index in [2.05, 4.69) is 28.1 Å². The van der Waals surface area contributed by atoms with Crippen LogP contribution in [0, 0.1) is 0 Å². The third-order valence-electron chi connectivity index (χ3n) is 3.58. The molecule has 0 fully saturated rings. The molecule has 0 spiro atoms. The van der Waals surface area contributed by atoms with Gasteiger partial charge >= 0.3 is 0 Å². The number of pyridine rings is 1. The summed E-state index contributed by atoms with van der Waals surface area (Å²) in [6.45, 7) is 4.59. The maximum Gasteiger partial charge on any atom is 0.131 e. The van der Waals surface area contributed by atoms with Gasteiger partial charge in [0.1, 0.15) is 10.9 Å². The van der Waals surface area contributed by atoms with Crippen LogP contribution < -0.4 is 9.64 Å². The molecule has 0 amide bonds. The Morgan fingerprint density at radius 2 is 2.15 bits per heavy atom. The van der Waals surface area contributed by atoms with Crippen molar-refractivity contribution in [1.82, 2.24) is 4.98 Å². The number of anilines is 1. The summed E-state index contributed by atoms with van der Waals surface area (Å²) < 4.78 is 5.58. The topological polar surface area (TPSA) is 25.4 Å². The highest BCUT2D eigenvalue weighted by Crippen LogP contribution is 2.28. The molecule has 0 saturated heterocycles. The van der Waals surface area contributed by atoms with E-state index in [1.165, 1.54) is 11.1 Å². The van der Waals surface area contributed by atoms with E-state index in [0.717, 1.165) is 30.9 Å². The van der Waals surface area contributed by atoms with Crippen LogP contribution in [0.2, 0.25) is 5.15 Å². The Morgan fingerprint density at radius 1 is 1.25 bits per heavy atom. The van der Waals surface area contributed by atoms with Crippen LogP contribution in [-0.4, -0.2) is 18.1 Å². The summed E-state index contributed by atoms with van der Waals surface area (Å²) in [6, 6.07) is 10.3. The SMILES string of the molecule is CCOc1ccc2c(c1)CN(c1ccnc(Cl)c1)CC2. The monoisotopic (exact) mass is 288 g/mol. The molecule has 1 aromatic heterocycles. The first-order chi connectivity index (χ1) is 9.76. The highest BCUT2D eigenvalue weighted by molar-refractivity contribution is 6.29. The lowest BCUT2D eigenvalue weighted by Crippen LogP contribution is -2.30. The van der Waals surface area contributed by atoms with Crippen LogP contribution in [0.3, 0.4) is 0 Å². The number of benzene rings is 1. The molecule has 20 heavy (non-hydrogen) atoms. The second kappa shape index (κ2) is 5.71. The van der Waals surface area contributed by atoms with Crippen molar-refractivity contribution in [2.45, 2.75) is 19.9 Å². The highest BCUT2D eigenvalue weighted by Gasteiger charge is 2.17. The molecule has 4 heteroatoms. The third-order valence-corrected chi connectivity index (χ3v) is 3.78. The maximum atomic E-state index is 5.97. The van der Waals surface area contributed by atoms with E-state index in [0.29, 0.717) is 11.8 Å². The largest absolute Gasteiger partial charge is 0.494 e. The summed E-state index contributed by atoms with van der Waals surface area (Å²) in [5, 5.41) is 0.538. The van der Waals surface area contributed by atoms with Gasteiger partial charge in [-0.2, -0.15) is 0 Å². The third kappa shape index (κ3) is 2.73. The van der Waals surface area contributed by atoms with E-state index >= 15 is 0 Å². The first kappa shape index (κ1) is 13.3. The number of aromatic nitrogens is 1. The Bertz CT molecular complexity index is 615. The fourth-order valence-electron chi connectivity index (χ4n) is 2.60. The first-order valence-corrected chi connectivity index (χ1v) is 7.25. The van der Waals surface area contributed by atoms with E-state index in [1.807, 2.05) is 19.1 Å². The Kier molecular flexibility index (Phi) is 3.79. The molecule has 2 aromatic rings. The first-order valence-electron chi connectivity index (χ1n) is 6.87. The molecule has 0 saturated carbocycles. The zero-order chi connectivity index (χ0) is 13.9. The predicted octanol–water partition coefficient (Wildman–Crippen LogP) is 3.70. The van der Waals surface area contributed by atoms with E-state index in [4.69, 9.17) is 16.3 Å². The van der Waals surface area contributed by atoms with Crippen molar-refractivity contribution >= 4 is 17.3 Å². The Labute approximate surface area is 124 Å². The van der Waals surface area contributed by atoms with Crippen molar-refractivity contribution in [3.05, 3.63) is 52.8 Å². The fourth-order valence-corrected chi connectivity index (χ4v) is 2.77. The van der Waals surface area contributed by atoms with Gasteiger partial charge in [0.25, 0.3) is 0 Å². The lowest BCUT2D eigenvalue weighted by Gasteiger charge is -2.31. The van der Waals surface area contributed by atoms with Gasteiger partial charge in [0.2, 0.25) is 0 Å². The predicted molar refractivity (Wildman–Crippen MR) is 81.6 cm³/mol. The number of hydrogen-bond acceptors (Lipinski definition) is 3. The summed E-state index contributed by atoms with van der Waals surface area (Å²) in [7, 11) is 0. The lowest BCUT2D eigenvalue weighted by atomic mass is 9.99. The van der Waals surface area contributed by atoms with Crippen molar-refractivity contribution in [3.63, 3.8) is 0 Å². The molecule has 104 valence electrons. The van der Waals surface area contributed by atoms with Gasteiger partial charge in [-0.3, -0.25) is 0 Å². The molecule has 0 atom stereocenters. The van der Waals surface area contributed by atoms with Crippen LogP contribution in [0.25, 0.3) is 0 Å². The average molecular weight is 289 g/mol. The Balaban J connectivity index is 1.85. The van der Waals surface area contributed by atoms with Crippen molar-refractivity contribution < 1.29 is 4.74 Å². The number of hydrogen-bond donors (Lipinski definition) is 0. The molecule has 1 aliphatic rings. The van der Waals surface area contributed by atoms with Crippen LogP contribution in [0.1, 0.15) is 18.1 Å². The quantitative estimate of drug-likeness (QED) is 0.805. The van der Waals surface area contributed by atoms with Crippen molar-refractivity contribution in [1.29, 1.82) is 0 Å². The Hall–Kier alpha value is -1.74. The normalized spacial score (nSPS) is 14.0. The summed E-state index contributed by atoms with van der Waals surface area (Å²) in [5.41, 5.74) is 3.86. The highest BCUT2D eigenvalue weighted by atomic mass is 35.5. The summed E-state index contributed by atoms with van der Waals surface area (Å²) in [4.78, 5) is 6.36. The molecular weight excluding hydrogens is 272 g/mol. The molecular formula is C16H17ClN2O. The molecule has 1 aromatic carbocycles. The van der Waals surface area contributed by atoms with Gasteiger partial charge in [0.05, 0.1) is 6.61 Å². The van der Waals surface area contributed by atoms with Crippen LogP contribution in [0.4, 0.5) is 5.69 Å². The van der Waals surface area contributed by atoms with E-state index in [-0.39, 0.29) is 0 Å². The van der Waals surface area contributed by atoms with Crippen molar-refractivity contribution in [2.75, 3.05) is 18.1 Å². The van der Waals surface area contributed by atoms with Crippen LogP contribution in [-0.2, 0) is 13.0 Å². The molecule has 3 nitrogen and oxygen atoms in total. The van der Waals surface area contributed by atoms with Gasteiger partial charge in [0.15, 0.2) is 0 Å². The average Bonchev–Trinajstić information content (AvgIpc) is 2.47. The smallest absolute Gasteiger partial charge is 0.131 e. The van der Waals surface area contributed by atoms with Gasteiger partial charge in [0, 0.05) is 25.0 Å². The molecule has 2 heterocycles. The molecule has 0 unspecified atom stereocenters. The van der Waals surface area contributed by atoms with Gasteiger partial charge in [-0.1, -0.05) is 17.7 Å². The number of fused-ring (bicyclic) bond motifs is 1. The number of nitrogens with zero attached hydrogens (tertiary/aromatic N) is 2. The van der Waals surface area contributed by atoms with E-state index in [1.54, 1.807) is 6.20 Å². The van der Waals surface area contributed by atoms with Gasteiger partial charge in [-0.05, 0) is 48.7 Å². The standard InChI is InChI=1S/C16H17ClN2O/c1-2-20-15-4-3-12-6-8-19(11-13(12)9-15)14-5-7-18-16(17)10-14/h3-5,7,9-10H,2,6,8,11H2,1H3. The van der Waals surface area contributed by atoms with Crippen molar-refractivity contribution in [3.8, 4) is 5.75 Å². The fraction of sp³-hybridized carbons (Fsp3) is 0.312.